The molecule has 0 saturated heterocycles. The number of hydrogen-bond acceptors (Lipinski definition) is 7. The zero-order valence-corrected chi connectivity index (χ0v) is 18.8. The van der Waals surface area contributed by atoms with Gasteiger partial charge in [0.15, 0.2) is 5.78 Å². The first-order valence-corrected chi connectivity index (χ1v) is 11.3. The SMILES string of the molecule is CCOC(=O)OC1(C(=O)OCF)CC[C@H]2[C@@H]3CCC4=CC(=O)C=C[C@@]4(C)[C@H]3[C@@H](O)C[C@@]21C. The maximum Gasteiger partial charge on any atom is 0.509 e. The molecule has 7 atom stereocenters. The molecule has 4 rings (SSSR count). The largest absolute Gasteiger partial charge is 0.509 e. The lowest BCUT2D eigenvalue weighted by atomic mass is 9.46. The van der Waals surface area contributed by atoms with E-state index in [-0.39, 0.29) is 43.0 Å². The van der Waals surface area contributed by atoms with Gasteiger partial charge in [-0.2, -0.15) is 0 Å². The maximum absolute atomic E-state index is 13.0. The topological polar surface area (TPSA) is 99.1 Å². The third-order valence-corrected chi connectivity index (χ3v) is 8.65. The second-order valence-electron chi connectivity index (χ2n) is 9.90. The molecule has 0 aliphatic heterocycles. The van der Waals surface area contributed by atoms with E-state index in [1.54, 1.807) is 19.1 Å². The minimum atomic E-state index is -1.72. The number of allylic oxidation sites excluding steroid dienone is 4. The van der Waals surface area contributed by atoms with E-state index in [4.69, 9.17) is 14.2 Å². The van der Waals surface area contributed by atoms with Crippen LogP contribution in [0.15, 0.2) is 23.8 Å². The van der Waals surface area contributed by atoms with E-state index in [9.17, 15) is 23.9 Å². The summed E-state index contributed by atoms with van der Waals surface area (Å²) in [6.45, 7) is 4.25. The third kappa shape index (κ3) is 3.13. The number of aliphatic hydroxyl groups is 1. The highest BCUT2D eigenvalue weighted by Gasteiger charge is 2.71. The Kier molecular flexibility index (Phi) is 5.72. The zero-order valence-electron chi connectivity index (χ0n) is 18.8. The van der Waals surface area contributed by atoms with Crippen LogP contribution in [0.4, 0.5) is 9.18 Å². The van der Waals surface area contributed by atoms with E-state index in [1.807, 2.05) is 13.0 Å². The fourth-order valence-corrected chi connectivity index (χ4v) is 7.31. The number of alkyl halides is 1. The molecule has 0 radical (unpaired) electrons. The van der Waals surface area contributed by atoms with Crippen molar-refractivity contribution in [3.05, 3.63) is 23.8 Å². The Morgan fingerprint density at radius 1 is 1.25 bits per heavy atom. The van der Waals surface area contributed by atoms with Gasteiger partial charge in [0.2, 0.25) is 12.5 Å². The highest BCUT2D eigenvalue weighted by atomic mass is 19.1. The quantitative estimate of drug-likeness (QED) is 0.653. The van der Waals surface area contributed by atoms with Gasteiger partial charge in [0.25, 0.3) is 0 Å². The Morgan fingerprint density at radius 3 is 2.69 bits per heavy atom. The van der Waals surface area contributed by atoms with Crippen molar-refractivity contribution in [2.45, 2.75) is 64.6 Å². The lowest BCUT2D eigenvalue weighted by Gasteiger charge is -2.59. The summed E-state index contributed by atoms with van der Waals surface area (Å²) < 4.78 is 28.3. The highest BCUT2D eigenvalue weighted by Crippen LogP contribution is 2.68. The molecule has 0 bridgehead atoms. The van der Waals surface area contributed by atoms with Crippen LogP contribution >= 0.6 is 0 Å². The van der Waals surface area contributed by atoms with E-state index in [0.29, 0.717) is 12.8 Å². The monoisotopic (exact) mass is 450 g/mol. The smallest absolute Gasteiger partial charge is 0.435 e. The summed E-state index contributed by atoms with van der Waals surface area (Å²) >= 11 is 0. The van der Waals surface area contributed by atoms with E-state index in [2.05, 4.69) is 6.92 Å². The average molecular weight is 451 g/mol. The van der Waals surface area contributed by atoms with Gasteiger partial charge in [-0.25, -0.2) is 14.0 Å². The molecule has 0 aromatic heterocycles. The molecule has 176 valence electrons. The first kappa shape index (κ1) is 23.0. The van der Waals surface area contributed by atoms with Crippen LogP contribution in [0.1, 0.15) is 52.9 Å². The Morgan fingerprint density at radius 2 is 2.00 bits per heavy atom. The van der Waals surface area contributed by atoms with E-state index in [1.165, 1.54) is 0 Å². The minimum Gasteiger partial charge on any atom is -0.435 e. The fraction of sp³-hybridized carbons (Fsp3) is 0.708. The third-order valence-electron chi connectivity index (χ3n) is 8.65. The van der Waals surface area contributed by atoms with Gasteiger partial charge < -0.3 is 19.3 Å². The van der Waals surface area contributed by atoms with Crippen LogP contribution in [0.25, 0.3) is 0 Å². The Bertz CT molecular complexity index is 882. The summed E-state index contributed by atoms with van der Waals surface area (Å²) in [5, 5.41) is 11.4. The highest BCUT2D eigenvalue weighted by molar-refractivity contribution is 6.01. The molecule has 0 amide bonds. The molecule has 0 aromatic carbocycles. The van der Waals surface area contributed by atoms with Crippen LogP contribution in [0.3, 0.4) is 0 Å². The Balaban J connectivity index is 1.73. The van der Waals surface area contributed by atoms with Gasteiger partial charge in [0.1, 0.15) is 0 Å². The number of hydrogen-bond donors (Lipinski definition) is 1. The van der Waals surface area contributed by atoms with Crippen LogP contribution in [-0.4, -0.2) is 48.2 Å². The number of carbonyl (C=O) groups is 3. The van der Waals surface area contributed by atoms with E-state index < -0.39 is 41.5 Å². The number of esters is 1. The van der Waals surface area contributed by atoms with Gasteiger partial charge >= 0.3 is 12.1 Å². The Hall–Kier alpha value is -2.22. The van der Waals surface area contributed by atoms with Gasteiger partial charge in [0, 0.05) is 16.7 Å². The lowest BCUT2D eigenvalue weighted by molar-refractivity contribution is -0.204. The van der Waals surface area contributed by atoms with Crippen molar-refractivity contribution in [3.8, 4) is 0 Å². The number of halogens is 1. The fourth-order valence-electron chi connectivity index (χ4n) is 7.31. The summed E-state index contributed by atoms with van der Waals surface area (Å²) in [6.07, 6.45) is 5.73. The van der Waals surface area contributed by atoms with Crippen molar-refractivity contribution in [2.24, 2.45) is 28.6 Å². The maximum atomic E-state index is 13.0. The molecule has 32 heavy (non-hydrogen) atoms. The molecule has 0 heterocycles. The summed E-state index contributed by atoms with van der Waals surface area (Å²) in [7, 11) is 0. The number of fused-ring (bicyclic) bond motifs is 5. The summed E-state index contributed by atoms with van der Waals surface area (Å²) in [5.41, 5.74) is -2.10. The van der Waals surface area contributed by atoms with Gasteiger partial charge in [0.05, 0.1) is 12.7 Å². The van der Waals surface area contributed by atoms with Gasteiger partial charge in [-0.15, -0.1) is 0 Å². The van der Waals surface area contributed by atoms with Crippen LogP contribution in [0, 0.1) is 28.6 Å². The summed E-state index contributed by atoms with van der Waals surface area (Å²) in [4.78, 5) is 37.3. The number of aliphatic hydroxyl groups excluding tert-OH is 1. The number of rotatable bonds is 4. The van der Waals surface area contributed by atoms with Crippen molar-refractivity contribution in [2.75, 3.05) is 13.5 Å². The molecule has 1 unspecified atom stereocenters. The standard InChI is InChI=1S/C24H31FO7/c1-4-30-21(29)32-24(20(28)31-13-25)10-8-17-16-6-5-14-11-15(26)7-9-22(14,2)19(16)18(27)12-23(17,24)3/h7,9,11,16-19,27H,4-6,8,10,12-13H2,1-3H3/t16-,17-,18-,19+,22+,23-,24?/m0/s1. The number of carbonyl (C=O) groups excluding carboxylic acids is 3. The molecule has 3 saturated carbocycles. The van der Waals surface area contributed by atoms with Crippen molar-refractivity contribution in [1.82, 2.24) is 0 Å². The molecule has 0 spiro atoms. The van der Waals surface area contributed by atoms with E-state index >= 15 is 0 Å². The van der Waals surface area contributed by atoms with Crippen molar-refractivity contribution in [3.63, 3.8) is 0 Å². The first-order valence-electron chi connectivity index (χ1n) is 11.3. The minimum absolute atomic E-state index is 0.0367. The van der Waals surface area contributed by atoms with Gasteiger partial charge in [-0.05, 0) is 63.0 Å². The molecule has 1 N–H and O–H groups in total. The van der Waals surface area contributed by atoms with Gasteiger partial charge in [-0.3, -0.25) is 4.79 Å². The Labute approximate surface area is 187 Å². The number of ketones is 1. The zero-order chi connectivity index (χ0) is 23.3. The van der Waals surface area contributed by atoms with Crippen molar-refractivity contribution >= 4 is 17.9 Å². The number of ether oxygens (including phenoxy) is 3. The van der Waals surface area contributed by atoms with Crippen LogP contribution in [0.5, 0.6) is 0 Å². The molecule has 0 aromatic rings. The average Bonchev–Trinajstić information content (AvgIpc) is 3.01. The molecular weight excluding hydrogens is 419 g/mol. The van der Waals surface area contributed by atoms with Crippen molar-refractivity contribution in [1.29, 1.82) is 0 Å². The summed E-state index contributed by atoms with van der Waals surface area (Å²) in [5.74, 6) is -1.13. The van der Waals surface area contributed by atoms with Crippen LogP contribution in [-0.2, 0) is 23.8 Å². The van der Waals surface area contributed by atoms with E-state index in [0.717, 1.165) is 12.0 Å². The molecule has 3 fully saturated rings. The molecular formula is C24H31FO7. The summed E-state index contributed by atoms with van der Waals surface area (Å²) in [6, 6.07) is 0. The van der Waals surface area contributed by atoms with Crippen molar-refractivity contribution < 1.29 is 38.1 Å². The normalized spacial score (nSPS) is 42.3. The second kappa shape index (κ2) is 7.97. The molecule has 7 nitrogen and oxygen atoms in total. The lowest BCUT2D eigenvalue weighted by Crippen LogP contribution is -2.62. The molecule has 4 aliphatic rings. The van der Waals surface area contributed by atoms with Gasteiger partial charge in [-0.1, -0.05) is 25.5 Å². The predicted octanol–water partition coefficient (Wildman–Crippen LogP) is 3.65. The molecule has 8 heteroatoms. The predicted molar refractivity (Wildman–Crippen MR) is 111 cm³/mol. The second-order valence-corrected chi connectivity index (χ2v) is 9.90. The molecule has 4 aliphatic carbocycles. The first-order chi connectivity index (χ1) is 15.1. The van der Waals surface area contributed by atoms with Crippen LogP contribution in [0.2, 0.25) is 0 Å². The van der Waals surface area contributed by atoms with Crippen LogP contribution < -0.4 is 0 Å².